The predicted octanol–water partition coefficient (Wildman–Crippen LogP) is 4.05. The molecule has 0 aliphatic carbocycles. The fourth-order valence-corrected chi connectivity index (χ4v) is 1.71. The van der Waals surface area contributed by atoms with Crippen molar-refractivity contribution in [1.82, 2.24) is 5.32 Å². The Morgan fingerprint density at radius 3 is 2.71 bits per heavy atom. The van der Waals surface area contributed by atoms with Gasteiger partial charge in [0.2, 0.25) is 0 Å². The average Bonchev–Trinajstić information content (AvgIpc) is 2.32. The maximum absolute atomic E-state index is 13.4. The summed E-state index contributed by atoms with van der Waals surface area (Å²) in [6.07, 6.45) is -0.0610. The summed E-state index contributed by atoms with van der Waals surface area (Å²) in [6, 6.07) is 2.85. The van der Waals surface area contributed by atoms with Gasteiger partial charge in [0.25, 0.3) is 0 Å². The van der Waals surface area contributed by atoms with Crippen molar-refractivity contribution in [1.29, 1.82) is 0 Å². The van der Waals surface area contributed by atoms with Crippen LogP contribution in [0, 0.1) is 24.6 Å². The number of nitrogens with one attached hydrogen (secondary N) is 1. The van der Waals surface area contributed by atoms with Gasteiger partial charge >= 0.3 is 6.09 Å². The smallest absolute Gasteiger partial charge is 0.407 e. The third-order valence-corrected chi connectivity index (χ3v) is 2.70. The summed E-state index contributed by atoms with van der Waals surface area (Å²) in [7, 11) is 0. The molecule has 0 fully saturated rings. The first kappa shape index (κ1) is 17.3. The Morgan fingerprint density at radius 1 is 1.43 bits per heavy atom. The molecule has 1 amide bonds. The Morgan fingerprint density at radius 2 is 2.10 bits per heavy atom. The van der Waals surface area contributed by atoms with Gasteiger partial charge in [0.05, 0.1) is 5.02 Å². The summed E-state index contributed by atoms with van der Waals surface area (Å²) in [5, 5.41) is 3.01. The van der Waals surface area contributed by atoms with Gasteiger partial charge in [0.1, 0.15) is 11.4 Å². The van der Waals surface area contributed by atoms with E-state index in [9.17, 15) is 9.18 Å². The van der Waals surface area contributed by atoms with Crippen molar-refractivity contribution in [2.45, 2.75) is 39.7 Å². The molecule has 0 spiro atoms. The zero-order valence-corrected chi connectivity index (χ0v) is 13.4. The fraction of sp³-hybridized carbons (Fsp3) is 0.438. The van der Waals surface area contributed by atoms with E-state index < -0.39 is 11.7 Å². The van der Waals surface area contributed by atoms with Crippen molar-refractivity contribution in [3.8, 4) is 11.8 Å². The van der Waals surface area contributed by atoms with Crippen molar-refractivity contribution in [2.24, 2.45) is 0 Å². The molecule has 0 atom stereocenters. The predicted molar refractivity (Wildman–Crippen MR) is 81.9 cm³/mol. The van der Waals surface area contributed by atoms with Gasteiger partial charge in [-0.2, -0.15) is 0 Å². The molecule has 0 aliphatic heterocycles. The molecule has 1 rings (SSSR count). The first-order valence-electron chi connectivity index (χ1n) is 6.60. The fourth-order valence-electron chi connectivity index (χ4n) is 1.44. The number of hydrogen-bond acceptors (Lipinski definition) is 2. The second-order valence-electron chi connectivity index (χ2n) is 5.56. The molecule has 114 valence electrons. The topological polar surface area (TPSA) is 38.3 Å². The zero-order chi connectivity index (χ0) is 16.0. The Labute approximate surface area is 129 Å². The highest BCUT2D eigenvalue weighted by Gasteiger charge is 2.15. The van der Waals surface area contributed by atoms with Crippen molar-refractivity contribution in [3.05, 3.63) is 34.1 Å². The van der Waals surface area contributed by atoms with Crippen LogP contribution in [0.4, 0.5) is 9.18 Å². The average molecular weight is 312 g/mol. The number of hydrogen-bond donors (Lipinski definition) is 1. The van der Waals surface area contributed by atoms with Gasteiger partial charge in [-0.25, -0.2) is 9.18 Å². The number of rotatable bonds is 2. The Bertz CT molecular complexity index is 582. The summed E-state index contributed by atoms with van der Waals surface area (Å²) in [4.78, 5) is 11.4. The zero-order valence-electron chi connectivity index (χ0n) is 12.6. The Kier molecular flexibility index (Phi) is 6.04. The summed E-state index contributed by atoms with van der Waals surface area (Å²) < 4.78 is 18.5. The van der Waals surface area contributed by atoms with Crippen LogP contribution in [0.25, 0.3) is 0 Å². The second-order valence-corrected chi connectivity index (χ2v) is 5.97. The lowest BCUT2D eigenvalue weighted by Crippen LogP contribution is -2.32. The molecule has 0 bridgehead atoms. The SMILES string of the molecule is Cc1cc(Cl)c(C#CCCNC(=O)OC(C)(C)C)cc1F. The van der Waals surface area contributed by atoms with Crippen molar-refractivity contribution < 1.29 is 13.9 Å². The molecule has 0 radical (unpaired) electrons. The van der Waals surface area contributed by atoms with E-state index in [1.54, 1.807) is 33.8 Å². The van der Waals surface area contributed by atoms with E-state index in [-0.39, 0.29) is 5.82 Å². The highest BCUT2D eigenvalue weighted by Crippen LogP contribution is 2.19. The quantitative estimate of drug-likeness (QED) is 0.661. The third-order valence-electron chi connectivity index (χ3n) is 2.39. The molecule has 1 aromatic rings. The first-order chi connectivity index (χ1) is 9.69. The van der Waals surface area contributed by atoms with Crippen LogP contribution < -0.4 is 5.32 Å². The lowest BCUT2D eigenvalue weighted by Gasteiger charge is -2.19. The highest BCUT2D eigenvalue weighted by atomic mass is 35.5. The van der Waals surface area contributed by atoms with E-state index in [1.165, 1.54) is 6.07 Å². The van der Waals surface area contributed by atoms with Crippen LogP contribution in [0.15, 0.2) is 12.1 Å². The third kappa shape index (κ3) is 6.50. The first-order valence-corrected chi connectivity index (χ1v) is 6.98. The van der Waals surface area contributed by atoms with Crippen LogP contribution in [0.1, 0.15) is 38.3 Å². The van der Waals surface area contributed by atoms with Gasteiger partial charge in [0, 0.05) is 18.5 Å². The highest BCUT2D eigenvalue weighted by molar-refractivity contribution is 6.31. The number of carbonyl (C=O) groups is 1. The molecule has 3 nitrogen and oxygen atoms in total. The number of carbonyl (C=O) groups excluding carboxylic acids is 1. The lowest BCUT2D eigenvalue weighted by atomic mass is 10.1. The summed E-state index contributed by atoms with van der Waals surface area (Å²) in [5.41, 5.74) is 0.400. The monoisotopic (exact) mass is 311 g/mol. The summed E-state index contributed by atoms with van der Waals surface area (Å²) >= 11 is 5.98. The minimum absolute atomic E-state index is 0.337. The molecule has 0 aromatic heterocycles. The second kappa shape index (κ2) is 7.33. The largest absolute Gasteiger partial charge is 0.444 e. The molecule has 0 heterocycles. The van der Waals surface area contributed by atoms with Crippen LogP contribution in [0.5, 0.6) is 0 Å². The molecule has 1 aromatic carbocycles. The van der Waals surface area contributed by atoms with E-state index in [2.05, 4.69) is 17.2 Å². The van der Waals surface area contributed by atoms with E-state index in [0.29, 0.717) is 29.1 Å². The number of alkyl carbamates (subject to hydrolysis) is 1. The van der Waals surface area contributed by atoms with E-state index >= 15 is 0 Å². The lowest BCUT2D eigenvalue weighted by molar-refractivity contribution is 0.0529. The van der Waals surface area contributed by atoms with Crippen molar-refractivity contribution >= 4 is 17.7 Å². The molecular weight excluding hydrogens is 293 g/mol. The van der Waals surface area contributed by atoms with Crippen LogP contribution in [-0.4, -0.2) is 18.2 Å². The normalized spacial score (nSPS) is 10.6. The van der Waals surface area contributed by atoms with Crippen LogP contribution >= 0.6 is 11.6 Å². The van der Waals surface area contributed by atoms with Crippen LogP contribution in [0.3, 0.4) is 0 Å². The van der Waals surface area contributed by atoms with Crippen molar-refractivity contribution in [3.63, 3.8) is 0 Å². The molecule has 0 saturated carbocycles. The Hall–Kier alpha value is -1.73. The van der Waals surface area contributed by atoms with Gasteiger partial charge in [-0.05, 0) is 45.4 Å². The van der Waals surface area contributed by atoms with Gasteiger partial charge in [0.15, 0.2) is 0 Å². The van der Waals surface area contributed by atoms with Gasteiger partial charge < -0.3 is 10.1 Å². The van der Waals surface area contributed by atoms with E-state index in [0.717, 1.165) is 0 Å². The maximum Gasteiger partial charge on any atom is 0.407 e. The molecular formula is C16H19ClFNO2. The molecule has 21 heavy (non-hydrogen) atoms. The summed E-state index contributed by atoms with van der Waals surface area (Å²) in [5.74, 6) is 5.29. The molecule has 5 heteroatoms. The van der Waals surface area contributed by atoms with Gasteiger partial charge in [-0.15, -0.1) is 0 Å². The van der Waals surface area contributed by atoms with Crippen LogP contribution in [0.2, 0.25) is 5.02 Å². The van der Waals surface area contributed by atoms with Crippen LogP contribution in [-0.2, 0) is 4.74 Å². The standard InChI is InChI=1S/C16H19ClFNO2/c1-11-9-13(17)12(10-14(11)18)7-5-6-8-19-15(20)21-16(2,3)4/h9-10H,6,8H2,1-4H3,(H,19,20). The Balaban J connectivity index is 2.48. The van der Waals surface area contributed by atoms with Gasteiger partial charge in [-0.3, -0.25) is 0 Å². The number of amides is 1. The minimum Gasteiger partial charge on any atom is -0.444 e. The molecule has 0 unspecified atom stereocenters. The van der Waals surface area contributed by atoms with Gasteiger partial charge in [-0.1, -0.05) is 23.4 Å². The number of ether oxygens (including phenoxy) is 1. The van der Waals surface area contributed by atoms with E-state index in [1.807, 2.05) is 0 Å². The minimum atomic E-state index is -0.525. The summed E-state index contributed by atoms with van der Waals surface area (Å²) in [6.45, 7) is 7.37. The maximum atomic E-state index is 13.4. The molecule has 0 saturated heterocycles. The molecule has 1 N–H and O–H groups in total. The number of aryl methyl sites for hydroxylation is 1. The molecule has 0 aliphatic rings. The number of benzene rings is 1. The van der Waals surface area contributed by atoms with Crippen molar-refractivity contribution in [2.75, 3.05) is 6.54 Å². The van der Waals surface area contributed by atoms with E-state index in [4.69, 9.17) is 16.3 Å². The number of halogens is 2.